The summed E-state index contributed by atoms with van der Waals surface area (Å²) in [4.78, 5) is 15.0. The van der Waals surface area contributed by atoms with Gasteiger partial charge in [0, 0.05) is 36.3 Å². The van der Waals surface area contributed by atoms with Crippen molar-refractivity contribution < 1.29 is 9.53 Å². The van der Waals surface area contributed by atoms with E-state index in [1.54, 1.807) is 12.0 Å². The summed E-state index contributed by atoms with van der Waals surface area (Å²) in [7, 11) is 1.64. The number of aromatic nitrogens is 3. The lowest BCUT2D eigenvalue weighted by molar-refractivity contribution is -0.117. The van der Waals surface area contributed by atoms with Gasteiger partial charge in [-0.3, -0.25) is 14.3 Å². The number of ether oxygens (including phenoxy) is 1. The van der Waals surface area contributed by atoms with Crippen LogP contribution in [-0.4, -0.2) is 33.5 Å². The van der Waals surface area contributed by atoms with E-state index in [4.69, 9.17) is 4.74 Å². The van der Waals surface area contributed by atoms with Gasteiger partial charge in [-0.05, 0) is 36.4 Å². The van der Waals surface area contributed by atoms with Gasteiger partial charge in [0.2, 0.25) is 5.91 Å². The van der Waals surface area contributed by atoms with Crippen molar-refractivity contribution in [3.8, 4) is 5.69 Å². The van der Waals surface area contributed by atoms with Crippen LogP contribution in [0.15, 0.2) is 96.2 Å². The molecule has 4 aromatic rings. The zero-order valence-corrected chi connectivity index (χ0v) is 18.6. The number of hydrogen-bond acceptors (Lipinski definition) is 5. The summed E-state index contributed by atoms with van der Waals surface area (Å²) in [5.74, 6) is 1.33. The first kappa shape index (κ1) is 21.8. The molecule has 0 unspecified atom stereocenters. The molecule has 0 saturated carbocycles. The van der Waals surface area contributed by atoms with E-state index in [9.17, 15) is 4.79 Å². The highest BCUT2D eigenvalue weighted by atomic mass is 32.2. The van der Waals surface area contributed by atoms with Crippen molar-refractivity contribution in [2.24, 2.45) is 0 Å². The Hall–Kier alpha value is -3.42. The zero-order chi connectivity index (χ0) is 22.2. The third kappa shape index (κ3) is 5.07. The first-order valence-electron chi connectivity index (χ1n) is 10.3. The number of carbonyl (C=O) groups excluding carboxylic acids is 1. The molecule has 1 aromatic heterocycles. The summed E-state index contributed by atoms with van der Waals surface area (Å²) in [6.45, 7) is 0.358. The zero-order valence-electron chi connectivity index (χ0n) is 17.8. The van der Waals surface area contributed by atoms with E-state index >= 15 is 0 Å². The van der Waals surface area contributed by atoms with Crippen LogP contribution in [0, 0.1) is 0 Å². The minimum Gasteiger partial charge on any atom is -0.377 e. The van der Waals surface area contributed by atoms with Crippen molar-refractivity contribution in [2.75, 3.05) is 17.8 Å². The normalized spacial score (nSPS) is 10.8. The third-order valence-electron chi connectivity index (χ3n) is 4.81. The Morgan fingerprint density at radius 2 is 1.44 bits per heavy atom. The standard InChI is InChI=1S/C25H24N4O2S/c1-31-19-23-26-27-25(29(23)22-15-9-4-10-16-22)32-18-17-24(30)28(20-11-5-2-6-12-20)21-13-7-3-8-14-21/h2-16H,17-19H2,1H3. The number of hydrogen-bond donors (Lipinski definition) is 0. The highest BCUT2D eigenvalue weighted by molar-refractivity contribution is 7.99. The second-order valence-electron chi connectivity index (χ2n) is 7.00. The van der Waals surface area contributed by atoms with E-state index < -0.39 is 0 Å². The number of rotatable bonds is 9. The number of methoxy groups -OCH3 is 1. The van der Waals surface area contributed by atoms with Gasteiger partial charge in [-0.2, -0.15) is 0 Å². The van der Waals surface area contributed by atoms with E-state index in [2.05, 4.69) is 10.2 Å². The van der Waals surface area contributed by atoms with Crippen LogP contribution in [0.3, 0.4) is 0 Å². The molecule has 0 bridgehead atoms. The van der Waals surface area contributed by atoms with Crippen LogP contribution >= 0.6 is 11.8 Å². The molecule has 7 heteroatoms. The van der Waals surface area contributed by atoms with Crippen molar-refractivity contribution in [3.05, 3.63) is 96.8 Å². The molecular formula is C25H24N4O2S. The Bertz CT molecular complexity index is 1100. The van der Waals surface area contributed by atoms with Gasteiger partial charge < -0.3 is 4.74 Å². The van der Waals surface area contributed by atoms with Gasteiger partial charge in [-0.15, -0.1) is 10.2 Å². The molecule has 0 saturated heterocycles. The van der Waals surface area contributed by atoms with Gasteiger partial charge in [0.15, 0.2) is 11.0 Å². The van der Waals surface area contributed by atoms with Gasteiger partial charge in [0.05, 0.1) is 0 Å². The average molecular weight is 445 g/mol. The Labute approximate surface area is 191 Å². The van der Waals surface area contributed by atoms with Gasteiger partial charge in [0.25, 0.3) is 0 Å². The summed E-state index contributed by atoms with van der Waals surface area (Å²) in [6.07, 6.45) is 0.357. The molecule has 0 fully saturated rings. The summed E-state index contributed by atoms with van der Waals surface area (Å²) < 4.78 is 7.26. The van der Waals surface area contributed by atoms with E-state index in [0.717, 1.165) is 28.0 Å². The highest BCUT2D eigenvalue weighted by Crippen LogP contribution is 2.28. The topological polar surface area (TPSA) is 60.3 Å². The van der Waals surface area contributed by atoms with E-state index in [-0.39, 0.29) is 5.91 Å². The average Bonchev–Trinajstić information content (AvgIpc) is 3.24. The first-order chi connectivity index (χ1) is 15.8. The lowest BCUT2D eigenvalue weighted by Gasteiger charge is -2.23. The molecule has 0 N–H and O–H groups in total. The summed E-state index contributed by atoms with van der Waals surface area (Å²) in [5.41, 5.74) is 2.67. The fraction of sp³-hybridized carbons (Fsp3) is 0.160. The molecule has 0 aliphatic rings. The van der Waals surface area contributed by atoms with Crippen LogP contribution in [0.25, 0.3) is 5.69 Å². The van der Waals surface area contributed by atoms with Crippen molar-refractivity contribution in [1.29, 1.82) is 0 Å². The van der Waals surface area contributed by atoms with Crippen molar-refractivity contribution >= 4 is 29.0 Å². The van der Waals surface area contributed by atoms with E-state index in [1.807, 2.05) is 95.6 Å². The fourth-order valence-electron chi connectivity index (χ4n) is 3.39. The predicted molar refractivity (Wildman–Crippen MR) is 127 cm³/mol. The molecular weight excluding hydrogens is 420 g/mol. The maximum atomic E-state index is 13.2. The van der Waals surface area contributed by atoms with Crippen LogP contribution in [0.4, 0.5) is 11.4 Å². The Balaban J connectivity index is 1.51. The van der Waals surface area contributed by atoms with Gasteiger partial charge in [-0.1, -0.05) is 66.4 Å². The van der Waals surface area contributed by atoms with Gasteiger partial charge in [-0.25, -0.2) is 0 Å². The van der Waals surface area contributed by atoms with Crippen LogP contribution in [-0.2, 0) is 16.1 Å². The van der Waals surface area contributed by atoms with Crippen molar-refractivity contribution in [3.63, 3.8) is 0 Å². The minimum atomic E-state index is 0.0257. The van der Waals surface area contributed by atoms with Crippen LogP contribution in [0.2, 0.25) is 0 Å². The minimum absolute atomic E-state index is 0.0257. The van der Waals surface area contributed by atoms with Gasteiger partial charge in [0.1, 0.15) is 6.61 Å². The Kier molecular flexibility index (Phi) is 7.32. The second kappa shape index (κ2) is 10.7. The summed E-state index contributed by atoms with van der Waals surface area (Å²) >= 11 is 1.51. The fourth-order valence-corrected chi connectivity index (χ4v) is 4.28. The monoisotopic (exact) mass is 444 g/mol. The second-order valence-corrected chi connectivity index (χ2v) is 8.06. The maximum absolute atomic E-state index is 13.2. The smallest absolute Gasteiger partial charge is 0.232 e. The molecule has 3 aromatic carbocycles. The summed E-state index contributed by atoms with van der Waals surface area (Å²) in [5, 5.41) is 9.36. The van der Waals surface area contributed by atoms with Crippen molar-refractivity contribution in [1.82, 2.24) is 14.8 Å². The van der Waals surface area contributed by atoms with E-state index in [0.29, 0.717) is 18.8 Å². The predicted octanol–water partition coefficient (Wildman–Crippen LogP) is 5.26. The molecule has 0 radical (unpaired) electrons. The number of anilines is 2. The van der Waals surface area contributed by atoms with Gasteiger partial charge >= 0.3 is 0 Å². The first-order valence-corrected chi connectivity index (χ1v) is 11.3. The molecule has 0 atom stereocenters. The number of para-hydroxylation sites is 3. The van der Waals surface area contributed by atoms with E-state index in [1.165, 1.54) is 11.8 Å². The largest absolute Gasteiger partial charge is 0.377 e. The number of carbonyl (C=O) groups is 1. The Morgan fingerprint density at radius 3 is 2.00 bits per heavy atom. The molecule has 1 amide bonds. The lowest BCUT2D eigenvalue weighted by Crippen LogP contribution is -2.26. The van der Waals surface area contributed by atoms with Crippen LogP contribution in [0.5, 0.6) is 0 Å². The molecule has 32 heavy (non-hydrogen) atoms. The SMILES string of the molecule is COCc1nnc(SCCC(=O)N(c2ccccc2)c2ccccc2)n1-c1ccccc1. The maximum Gasteiger partial charge on any atom is 0.232 e. The molecule has 0 spiro atoms. The number of amides is 1. The molecule has 162 valence electrons. The third-order valence-corrected chi connectivity index (χ3v) is 5.74. The quantitative estimate of drug-likeness (QED) is 0.330. The lowest BCUT2D eigenvalue weighted by atomic mass is 10.2. The summed E-state index contributed by atoms with van der Waals surface area (Å²) in [6, 6.07) is 29.3. The van der Waals surface area contributed by atoms with Crippen molar-refractivity contribution in [2.45, 2.75) is 18.2 Å². The Morgan fingerprint density at radius 1 is 0.875 bits per heavy atom. The number of thioether (sulfide) groups is 1. The molecule has 6 nitrogen and oxygen atoms in total. The van der Waals surface area contributed by atoms with Crippen LogP contribution in [0.1, 0.15) is 12.2 Å². The van der Waals surface area contributed by atoms with Crippen LogP contribution < -0.4 is 4.90 Å². The molecule has 0 aliphatic heterocycles. The molecule has 4 rings (SSSR count). The highest BCUT2D eigenvalue weighted by Gasteiger charge is 2.19. The number of benzene rings is 3. The molecule has 1 heterocycles. The molecule has 0 aliphatic carbocycles. The number of nitrogens with zero attached hydrogens (tertiary/aromatic N) is 4.